The molecular formula is C16H22N2. The van der Waals surface area contributed by atoms with Crippen LogP contribution in [-0.2, 0) is 19.4 Å². The number of aromatic amines is 1. The molecule has 0 spiro atoms. The van der Waals surface area contributed by atoms with E-state index in [1.807, 2.05) is 0 Å². The number of nitrogens with zero attached hydrogens (tertiary/aromatic N) is 1. The van der Waals surface area contributed by atoms with E-state index in [1.165, 1.54) is 53.5 Å². The Morgan fingerprint density at radius 2 is 2.22 bits per heavy atom. The second-order valence-electron chi connectivity index (χ2n) is 5.55. The number of fused-ring (bicyclic) bond motifs is 3. The number of likely N-dealkylation sites (N-methyl/N-ethyl adjacent to an activating group) is 1. The van der Waals surface area contributed by atoms with Crippen molar-refractivity contribution in [2.24, 2.45) is 0 Å². The molecule has 0 bridgehead atoms. The lowest BCUT2D eigenvalue weighted by Gasteiger charge is -2.22. The molecule has 1 N–H and O–H groups in total. The van der Waals surface area contributed by atoms with Crippen molar-refractivity contribution in [1.29, 1.82) is 0 Å². The Morgan fingerprint density at radius 3 is 3.06 bits per heavy atom. The SMILES string of the molecule is CCCCc1ccc2[nH]c3c(c2c1)CN(C)CC3. The highest BCUT2D eigenvalue weighted by atomic mass is 15.1. The highest BCUT2D eigenvalue weighted by molar-refractivity contribution is 5.85. The molecule has 0 atom stereocenters. The van der Waals surface area contributed by atoms with Crippen molar-refractivity contribution in [3.8, 4) is 0 Å². The number of hydrogen-bond donors (Lipinski definition) is 1. The molecule has 0 saturated heterocycles. The number of hydrogen-bond acceptors (Lipinski definition) is 1. The molecule has 0 unspecified atom stereocenters. The van der Waals surface area contributed by atoms with Gasteiger partial charge in [0.1, 0.15) is 0 Å². The smallest absolute Gasteiger partial charge is 0.0459 e. The molecule has 0 amide bonds. The molecule has 96 valence electrons. The normalized spacial score (nSPS) is 16.1. The van der Waals surface area contributed by atoms with Crippen LogP contribution in [-0.4, -0.2) is 23.5 Å². The number of aryl methyl sites for hydroxylation is 1. The van der Waals surface area contributed by atoms with Crippen LogP contribution in [0.4, 0.5) is 0 Å². The molecule has 1 aliphatic rings. The van der Waals surface area contributed by atoms with Gasteiger partial charge in [0.25, 0.3) is 0 Å². The van der Waals surface area contributed by atoms with Crippen molar-refractivity contribution in [3.05, 3.63) is 35.0 Å². The lowest BCUT2D eigenvalue weighted by atomic mass is 10.0. The number of rotatable bonds is 3. The zero-order valence-corrected chi connectivity index (χ0v) is 11.4. The number of aromatic nitrogens is 1. The third kappa shape index (κ3) is 2.05. The van der Waals surface area contributed by atoms with E-state index in [2.05, 4.69) is 42.1 Å². The van der Waals surface area contributed by atoms with E-state index in [4.69, 9.17) is 0 Å². The van der Waals surface area contributed by atoms with Crippen LogP contribution in [0.15, 0.2) is 18.2 Å². The monoisotopic (exact) mass is 242 g/mol. The van der Waals surface area contributed by atoms with Gasteiger partial charge in [0, 0.05) is 36.1 Å². The predicted octanol–water partition coefficient (Wildman–Crippen LogP) is 3.50. The minimum atomic E-state index is 1.09. The Kier molecular flexibility index (Phi) is 3.13. The summed E-state index contributed by atoms with van der Waals surface area (Å²) in [6.07, 6.45) is 4.93. The summed E-state index contributed by atoms with van der Waals surface area (Å²) in [5, 5.41) is 1.45. The Morgan fingerprint density at radius 1 is 1.33 bits per heavy atom. The molecule has 2 heteroatoms. The highest BCUT2D eigenvalue weighted by Gasteiger charge is 2.18. The third-order valence-electron chi connectivity index (χ3n) is 4.05. The maximum absolute atomic E-state index is 3.59. The zero-order valence-electron chi connectivity index (χ0n) is 11.4. The molecule has 1 aromatic heterocycles. The minimum Gasteiger partial charge on any atom is -0.358 e. The summed E-state index contributed by atoms with van der Waals surface area (Å²) in [7, 11) is 2.21. The van der Waals surface area contributed by atoms with E-state index < -0.39 is 0 Å². The summed E-state index contributed by atoms with van der Waals surface area (Å²) in [6.45, 7) is 4.51. The Bertz CT molecular complexity index is 553. The zero-order chi connectivity index (χ0) is 12.5. The van der Waals surface area contributed by atoms with E-state index in [-0.39, 0.29) is 0 Å². The largest absolute Gasteiger partial charge is 0.358 e. The van der Waals surface area contributed by atoms with Crippen LogP contribution in [0.1, 0.15) is 36.6 Å². The summed E-state index contributed by atoms with van der Waals surface area (Å²) in [5.74, 6) is 0. The lowest BCUT2D eigenvalue weighted by molar-refractivity contribution is 0.313. The van der Waals surface area contributed by atoms with Crippen molar-refractivity contribution in [2.45, 2.75) is 39.2 Å². The maximum atomic E-state index is 3.59. The summed E-state index contributed by atoms with van der Waals surface area (Å²) < 4.78 is 0. The van der Waals surface area contributed by atoms with E-state index in [1.54, 1.807) is 0 Å². The van der Waals surface area contributed by atoms with Crippen LogP contribution in [0.3, 0.4) is 0 Å². The molecule has 1 aliphatic heterocycles. The number of benzene rings is 1. The fourth-order valence-electron chi connectivity index (χ4n) is 2.93. The first-order valence-electron chi connectivity index (χ1n) is 7.09. The first kappa shape index (κ1) is 11.8. The first-order valence-corrected chi connectivity index (χ1v) is 7.09. The first-order chi connectivity index (χ1) is 8.78. The van der Waals surface area contributed by atoms with Crippen molar-refractivity contribution in [2.75, 3.05) is 13.6 Å². The lowest BCUT2D eigenvalue weighted by Crippen LogP contribution is -2.26. The van der Waals surface area contributed by atoms with Gasteiger partial charge in [-0.25, -0.2) is 0 Å². The topological polar surface area (TPSA) is 19.0 Å². The van der Waals surface area contributed by atoms with E-state index in [9.17, 15) is 0 Å². The van der Waals surface area contributed by atoms with E-state index in [0.29, 0.717) is 0 Å². The van der Waals surface area contributed by atoms with Crippen LogP contribution < -0.4 is 0 Å². The molecule has 18 heavy (non-hydrogen) atoms. The fourth-order valence-corrected chi connectivity index (χ4v) is 2.93. The van der Waals surface area contributed by atoms with Gasteiger partial charge < -0.3 is 9.88 Å². The average Bonchev–Trinajstić information content (AvgIpc) is 2.74. The second-order valence-corrected chi connectivity index (χ2v) is 5.55. The quantitative estimate of drug-likeness (QED) is 0.873. The standard InChI is InChI=1S/C16H22N2/c1-3-4-5-12-6-7-15-13(10-12)14-11-18(2)9-8-16(14)17-15/h6-7,10,17H,3-5,8-9,11H2,1-2H3. The van der Waals surface area contributed by atoms with Crippen molar-refractivity contribution in [1.82, 2.24) is 9.88 Å². The summed E-state index contributed by atoms with van der Waals surface area (Å²) >= 11 is 0. The molecule has 0 aliphatic carbocycles. The van der Waals surface area contributed by atoms with E-state index in [0.717, 1.165) is 13.0 Å². The van der Waals surface area contributed by atoms with Gasteiger partial charge in [0.15, 0.2) is 0 Å². The van der Waals surface area contributed by atoms with Crippen molar-refractivity contribution >= 4 is 10.9 Å². The van der Waals surface area contributed by atoms with Crippen LogP contribution in [0.5, 0.6) is 0 Å². The van der Waals surface area contributed by atoms with Gasteiger partial charge in [-0.05, 0) is 43.1 Å². The van der Waals surface area contributed by atoms with Gasteiger partial charge in [-0.3, -0.25) is 0 Å². The average molecular weight is 242 g/mol. The molecule has 0 saturated carbocycles. The Hall–Kier alpha value is -1.28. The Labute approximate surface area is 109 Å². The molecule has 2 aromatic rings. The molecule has 2 nitrogen and oxygen atoms in total. The molecule has 2 heterocycles. The number of unbranched alkanes of at least 4 members (excludes halogenated alkanes) is 1. The van der Waals surface area contributed by atoms with E-state index >= 15 is 0 Å². The predicted molar refractivity (Wildman–Crippen MR) is 76.9 cm³/mol. The maximum Gasteiger partial charge on any atom is 0.0459 e. The van der Waals surface area contributed by atoms with Crippen molar-refractivity contribution in [3.63, 3.8) is 0 Å². The number of nitrogens with one attached hydrogen (secondary N) is 1. The van der Waals surface area contributed by atoms with Gasteiger partial charge in [-0.15, -0.1) is 0 Å². The highest BCUT2D eigenvalue weighted by Crippen LogP contribution is 2.28. The molecule has 0 fully saturated rings. The second kappa shape index (κ2) is 4.77. The minimum absolute atomic E-state index is 1.09. The summed E-state index contributed by atoms with van der Waals surface area (Å²) in [6, 6.07) is 6.95. The summed E-state index contributed by atoms with van der Waals surface area (Å²) in [5.41, 5.74) is 5.78. The van der Waals surface area contributed by atoms with Gasteiger partial charge in [0.2, 0.25) is 0 Å². The van der Waals surface area contributed by atoms with Gasteiger partial charge >= 0.3 is 0 Å². The fraction of sp³-hybridized carbons (Fsp3) is 0.500. The van der Waals surface area contributed by atoms with Crippen molar-refractivity contribution < 1.29 is 0 Å². The van der Waals surface area contributed by atoms with Crippen LogP contribution >= 0.6 is 0 Å². The van der Waals surface area contributed by atoms with Crippen LogP contribution in [0, 0.1) is 0 Å². The summed E-state index contributed by atoms with van der Waals surface area (Å²) in [4.78, 5) is 6.00. The van der Waals surface area contributed by atoms with Gasteiger partial charge in [0.05, 0.1) is 0 Å². The van der Waals surface area contributed by atoms with Gasteiger partial charge in [-0.1, -0.05) is 19.4 Å². The van der Waals surface area contributed by atoms with Crippen LogP contribution in [0.25, 0.3) is 10.9 Å². The molecule has 0 radical (unpaired) electrons. The van der Waals surface area contributed by atoms with Crippen LogP contribution in [0.2, 0.25) is 0 Å². The third-order valence-corrected chi connectivity index (χ3v) is 4.05. The molecule has 3 rings (SSSR count). The molecule has 1 aromatic carbocycles. The molecular weight excluding hydrogens is 220 g/mol. The Balaban J connectivity index is 2.01. The van der Waals surface area contributed by atoms with Gasteiger partial charge in [-0.2, -0.15) is 0 Å². The number of H-pyrrole nitrogens is 1.